The van der Waals surface area contributed by atoms with Crippen LogP contribution in [-0.2, 0) is 20.8 Å². The van der Waals surface area contributed by atoms with Gasteiger partial charge in [-0.3, -0.25) is 14.4 Å². The van der Waals surface area contributed by atoms with Crippen LogP contribution in [0.5, 0.6) is 5.75 Å². The zero-order valence-corrected chi connectivity index (χ0v) is 28.4. The summed E-state index contributed by atoms with van der Waals surface area (Å²) in [6.07, 6.45) is 8.29. The van der Waals surface area contributed by atoms with Crippen molar-refractivity contribution in [2.45, 2.75) is 41.8 Å². The minimum Gasteiger partial charge on any atom is -0.494 e. The molecule has 1 unspecified atom stereocenters. The highest BCUT2D eigenvalue weighted by atomic mass is 35.5. The molecule has 10 heteroatoms. The molecule has 4 heterocycles. The highest BCUT2D eigenvalue weighted by molar-refractivity contribution is 8.02. The summed E-state index contributed by atoms with van der Waals surface area (Å²) < 4.78 is 3.78. The molecule has 3 aromatic carbocycles. The molecule has 1 N–H and O–H groups in total. The number of benzene rings is 3. The first-order valence-electron chi connectivity index (χ1n) is 16.3. The molecule has 3 aromatic rings. The topological polar surface area (TPSA) is 90.4 Å². The predicted octanol–water partition coefficient (Wildman–Crippen LogP) is 5.54. The monoisotopic (exact) mass is 683 g/mol. The van der Waals surface area contributed by atoms with Crippen LogP contribution in [0, 0.1) is 11.8 Å². The smallest absolute Gasteiger partial charge is 0.251 e. The molecule has 8 nitrogen and oxygen atoms in total. The van der Waals surface area contributed by atoms with Gasteiger partial charge < -0.3 is 24.5 Å². The van der Waals surface area contributed by atoms with E-state index in [4.69, 9.17) is 16.3 Å². The predicted molar refractivity (Wildman–Crippen MR) is 189 cm³/mol. The highest BCUT2D eigenvalue weighted by Gasteiger charge is 2.74. The molecule has 248 valence electrons. The van der Waals surface area contributed by atoms with Gasteiger partial charge in [0.15, 0.2) is 0 Å². The second kappa shape index (κ2) is 12.8. The molecule has 1 spiro atoms. The molecule has 0 saturated carbocycles. The van der Waals surface area contributed by atoms with Gasteiger partial charge in [-0.2, -0.15) is 0 Å². The Morgan fingerprint density at radius 3 is 2.27 bits per heavy atom. The lowest BCUT2D eigenvalue weighted by Gasteiger charge is -2.40. The Morgan fingerprint density at radius 1 is 0.875 bits per heavy atom. The van der Waals surface area contributed by atoms with E-state index in [0.717, 1.165) is 5.56 Å². The third-order valence-electron chi connectivity index (χ3n) is 10.0. The summed E-state index contributed by atoms with van der Waals surface area (Å²) in [5.74, 6) is -1.68. The number of carbonyl (C=O) groups excluding carboxylic acids is 3. The molecule has 0 aromatic heterocycles. The zero-order chi connectivity index (χ0) is 33.6. The van der Waals surface area contributed by atoms with Crippen LogP contribution in [-0.4, -0.2) is 75.6 Å². The number of rotatable bonds is 8. The number of likely N-dealkylation sites (tertiary alicyclic amines) is 1. The van der Waals surface area contributed by atoms with Gasteiger partial charge in [0.2, 0.25) is 11.8 Å². The number of aliphatic hydroxyl groups excluding tert-OH is 1. The fourth-order valence-corrected chi connectivity index (χ4v) is 10.4. The number of nitrogens with zero attached hydrogens (tertiary/aromatic N) is 3. The molecule has 48 heavy (non-hydrogen) atoms. The zero-order valence-electron chi connectivity index (χ0n) is 26.9. The minimum atomic E-state index is -1.07. The van der Waals surface area contributed by atoms with Crippen molar-refractivity contribution >= 4 is 52.5 Å². The van der Waals surface area contributed by atoms with Crippen molar-refractivity contribution in [1.82, 2.24) is 4.90 Å². The number of ether oxygens (including phenoxy) is 1. The van der Waals surface area contributed by atoms with Crippen molar-refractivity contribution in [3.63, 3.8) is 0 Å². The van der Waals surface area contributed by atoms with Crippen LogP contribution in [0.25, 0.3) is 0 Å². The first-order valence-corrected chi connectivity index (χ1v) is 17.5. The molecule has 0 aliphatic carbocycles. The van der Waals surface area contributed by atoms with E-state index in [2.05, 4.69) is 0 Å². The average molecular weight is 684 g/mol. The van der Waals surface area contributed by atoms with Crippen LogP contribution in [0.1, 0.15) is 19.4 Å². The summed E-state index contributed by atoms with van der Waals surface area (Å²) >= 11 is 8.16. The number of aliphatic hydroxyl groups is 1. The summed E-state index contributed by atoms with van der Waals surface area (Å²) in [5.41, 5.74) is 2.19. The fourth-order valence-electron chi connectivity index (χ4n) is 8.00. The van der Waals surface area contributed by atoms with Crippen LogP contribution in [0.4, 0.5) is 11.4 Å². The Kier molecular flexibility index (Phi) is 8.64. The Bertz CT molecular complexity index is 1780. The Morgan fingerprint density at radius 2 is 1.56 bits per heavy atom. The van der Waals surface area contributed by atoms with Crippen LogP contribution < -0.4 is 14.5 Å². The van der Waals surface area contributed by atoms with Gasteiger partial charge in [-0.05, 0) is 62.2 Å². The number of carbonyl (C=O) groups is 3. The molecular weight excluding hydrogens is 646 g/mol. The molecule has 0 radical (unpaired) electrons. The fraction of sp³-hybridized carbons (Fsp3) is 0.342. The number of halogens is 1. The number of fused-ring (bicyclic) bond motifs is 2. The Hall–Kier alpha value is -4.05. The lowest BCUT2D eigenvalue weighted by atomic mass is 9.74. The third-order valence-corrected chi connectivity index (χ3v) is 12.1. The van der Waals surface area contributed by atoms with Crippen molar-refractivity contribution in [3.8, 4) is 5.75 Å². The van der Waals surface area contributed by atoms with E-state index in [1.807, 2.05) is 105 Å². The number of amides is 3. The molecule has 4 aliphatic heterocycles. The molecule has 6 atom stereocenters. The standard InChI is InChI=1S/C38H38ClN3O5S/c1-3-47-28-17-15-26(16-18-28)40-21-9-19-37(2)31(34(40)44)32-35(45)42(27(24-43)23-25-11-5-4-6-12-25)33-36(46)41(22-10-20-38(32,33)48-37)30-14-8-7-13-29(30)39/h4-20,27,31-33,43H,3,21-24H2,1-2H3/t27-,31-,32+,33?,37+,38+/m1/s1. The first-order chi connectivity index (χ1) is 23.2. The van der Waals surface area contributed by atoms with Gasteiger partial charge in [-0.1, -0.05) is 78.4 Å². The van der Waals surface area contributed by atoms with Crippen molar-refractivity contribution in [3.05, 3.63) is 114 Å². The maximum absolute atomic E-state index is 15.1. The highest BCUT2D eigenvalue weighted by Crippen LogP contribution is 2.66. The van der Waals surface area contributed by atoms with Gasteiger partial charge in [0.25, 0.3) is 5.91 Å². The molecule has 3 amide bonds. The van der Waals surface area contributed by atoms with Crippen molar-refractivity contribution in [2.24, 2.45) is 11.8 Å². The second-order valence-corrected chi connectivity index (χ2v) is 15.0. The average Bonchev–Trinajstić information content (AvgIpc) is 3.36. The van der Waals surface area contributed by atoms with Crippen LogP contribution in [0.3, 0.4) is 0 Å². The van der Waals surface area contributed by atoms with E-state index in [1.54, 1.807) is 26.8 Å². The lowest BCUT2D eigenvalue weighted by molar-refractivity contribution is -0.142. The minimum absolute atomic E-state index is 0.174. The van der Waals surface area contributed by atoms with Crippen LogP contribution >= 0.6 is 23.4 Å². The van der Waals surface area contributed by atoms with Gasteiger partial charge in [0.1, 0.15) is 11.8 Å². The van der Waals surface area contributed by atoms with E-state index in [-0.39, 0.29) is 30.9 Å². The summed E-state index contributed by atoms with van der Waals surface area (Å²) in [5, 5.41) is 11.3. The number of para-hydroxylation sites is 1. The van der Waals surface area contributed by atoms with Gasteiger partial charge in [-0.15, -0.1) is 11.8 Å². The third kappa shape index (κ3) is 5.23. The number of hydrogen-bond acceptors (Lipinski definition) is 6. The second-order valence-electron chi connectivity index (χ2n) is 12.8. The van der Waals surface area contributed by atoms with Crippen molar-refractivity contribution in [2.75, 3.05) is 36.1 Å². The molecular formula is C38H38ClN3O5S. The van der Waals surface area contributed by atoms with E-state index in [1.165, 1.54) is 11.8 Å². The van der Waals surface area contributed by atoms with Gasteiger partial charge in [-0.25, -0.2) is 0 Å². The summed E-state index contributed by atoms with van der Waals surface area (Å²) in [6, 6.07) is 22.5. The number of hydrogen-bond donors (Lipinski definition) is 1. The maximum atomic E-state index is 15.1. The maximum Gasteiger partial charge on any atom is 0.251 e. The number of thioether (sulfide) groups is 1. The Balaban J connectivity index is 1.35. The largest absolute Gasteiger partial charge is 0.494 e. The van der Waals surface area contributed by atoms with Crippen molar-refractivity contribution in [1.29, 1.82) is 0 Å². The molecule has 4 aliphatic rings. The summed E-state index contributed by atoms with van der Waals surface area (Å²) in [7, 11) is 0. The SMILES string of the molecule is CCOc1ccc(N2CC=C[C@]3(C)S[C@]45C=CCN(c6ccccc6Cl)C(=O)C4N([C@@H](CO)Cc4ccccc4)C(=O)[C@@H]5[C@@H]3C2=O)cc1. The first kappa shape index (κ1) is 32.5. The van der Waals surface area contributed by atoms with E-state index in [0.29, 0.717) is 41.7 Å². The van der Waals surface area contributed by atoms with E-state index < -0.39 is 33.4 Å². The van der Waals surface area contributed by atoms with Crippen molar-refractivity contribution < 1.29 is 24.2 Å². The molecule has 0 bridgehead atoms. The van der Waals surface area contributed by atoms with Gasteiger partial charge >= 0.3 is 0 Å². The molecule has 7 rings (SSSR count). The number of anilines is 2. The normalized spacial score (nSPS) is 28.5. The quantitative estimate of drug-likeness (QED) is 0.314. The molecule has 2 fully saturated rings. The lowest BCUT2D eigenvalue weighted by Crippen LogP contribution is -2.57. The van der Waals surface area contributed by atoms with E-state index >= 15 is 4.79 Å². The van der Waals surface area contributed by atoms with Gasteiger partial charge in [0, 0.05) is 23.5 Å². The summed E-state index contributed by atoms with van der Waals surface area (Å²) in [6.45, 7) is 4.71. The van der Waals surface area contributed by atoms with E-state index in [9.17, 15) is 14.7 Å². The van der Waals surface area contributed by atoms with Gasteiger partial charge in [0.05, 0.1) is 46.5 Å². The Labute approximate surface area is 290 Å². The molecule has 2 saturated heterocycles. The van der Waals surface area contributed by atoms with Crippen LogP contribution in [0.2, 0.25) is 5.02 Å². The van der Waals surface area contributed by atoms with Crippen LogP contribution in [0.15, 0.2) is 103 Å². The summed E-state index contributed by atoms with van der Waals surface area (Å²) in [4.78, 5) is 49.8.